The van der Waals surface area contributed by atoms with Crippen LogP contribution in [0.1, 0.15) is 41.6 Å². The van der Waals surface area contributed by atoms with Gasteiger partial charge in [0.2, 0.25) is 0 Å². The van der Waals surface area contributed by atoms with Crippen LogP contribution in [0.25, 0.3) is 11.4 Å². The monoisotopic (exact) mass is 376 g/mol. The smallest absolute Gasteiger partial charge is 0.254 e. The molecule has 1 aliphatic heterocycles. The molecule has 0 spiro atoms. The highest BCUT2D eigenvalue weighted by Crippen LogP contribution is 2.33. The van der Waals surface area contributed by atoms with E-state index < -0.39 is 0 Å². The summed E-state index contributed by atoms with van der Waals surface area (Å²) >= 11 is 0. The molecule has 144 valence electrons. The average molecular weight is 376 g/mol. The molecule has 0 unspecified atom stereocenters. The van der Waals surface area contributed by atoms with Crippen LogP contribution in [0.2, 0.25) is 0 Å². The van der Waals surface area contributed by atoms with E-state index in [0.29, 0.717) is 24.5 Å². The minimum Gasteiger partial charge on any atom is -0.392 e. The lowest BCUT2D eigenvalue weighted by molar-refractivity contribution is 0.0537. The number of aromatic nitrogens is 3. The Hall–Kier alpha value is -2.99. The summed E-state index contributed by atoms with van der Waals surface area (Å²) in [5, 5.41) is 13.9. The summed E-state index contributed by atoms with van der Waals surface area (Å²) in [5.74, 6) is 1.72. The van der Waals surface area contributed by atoms with Gasteiger partial charge in [-0.05, 0) is 23.6 Å². The molecule has 0 saturated heterocycles. The third kappa shape index (κ3) is 3.31. The molecule has 6 nitrogen and oxygen atoms in total. The molecule has 28 heavy (non-hydrogen) atoms. The Labute approximate surface area is 164 Å². The molecule has 6 heteroatoms. The number of benzene rings is 2. The summed E-state index contributed by atoms with van der Waals surface area (Å²) in [4.78, 5) is 19.9. The molecule has 1 aliphatic rings. The van der Waals surface area contributed by atoms with Crippen molar-refractivity contribution in [2.45, 2.75) is 33.0 Å². The molecule has 2 aromatic carbocycles. The molecule has 1 N–H and O–H groups in total. The predicted octanol–water partition coefficient (Wildman–Crippen LogP) is 3.29. The Morgan fingerprint density at radius 3 is 2.46 bits per heavy atom. The van der Waals surface area contributed by atoms with Gasteiger partial charge in [0.25, 0.3) is 5.91 Å². The van der Waals surface area contributed by atoms with Crippen LogP contribution in [0.3, 0.4) is 0 Å². The Kier molecular flexibility index (Phi) is 4.96. The van der Waals surface area contributed by atoms with Gasteiger partial charge in [0.1, 0.15) is 0 Å². The summed E-state index contributed by atoms with van der Waals surface area (Å²) in [6, 6.07) is 16.9. The number of aliphatic hydroxyl groups excluding tert-OH is 1. The quantitative estimate of drug-likeness (QED) is 0.758. The second-order valence-electron chi connectivity index (χ2n) is 7.43. The van der Waals surface area contributed by atoms with E-state index in [2.05, 4.69) is 18.9 Å². The van der Waals surface area contributed by atoms with Crippen LogP contribution in [-0.4, -0.2) is 37.2 Å². The van der Waals surface area contributed by atoms with Gasteiger partial charge in [0.05, 0.1) is 19.2 Å². The Bertz CT molecular complexity index is 964. The molecule has 0 bridgehead atoms. The highest BCUT2D eigenvalue weighted by atomic mass is 16.3. The summed E-state index contributed by atoms with van der Waals surface area (Å²) in [7, 11) is 0. The van der Waals surface area contributed by atoms with Gasteiger partial charge in [-0.25, -0.2) is 9.67 Å². The highest BCUT2D eigenvalue weighted by molar-refractivity contribution is 5.94. The van der Waals surface area contributed by atoms with Crippen molar-refractivity contribution in [3.63, 3.8) is 0 Å². The van der Waals surface area contributed by atoms with Crippen molar-refractivity contribution < 1.29 is 9.90 Å². The molecule has 3 aromatic rings. The van der Waals surface area contributed by atoms with E-state index in [9.17, 15) is 9.90 Å². The molecule has 0 radical (unpaired) electrons. The van der Waals surface area contributed by atoms with Crippen molar-refractivity contribution in [2.75, 3.05) is 6.54 Å². The zero-order valence-electron chi connectivity index (χ0n) is 16.1. The minimum absolute atomic E-state index is 0.0151. The van der Waals surface area contributed by atoms with Gasteiger partial charge in [-0.15, -0.1) is 0 Å². The standard InChI is InChI=1S/C22H24N4O2/c1-15(2)19-21-23-20(17-6-4-3-5-7-17)24-26(21)13-12-25(19)22(28)18-10-8-16(14-27)9-11-18/h3-11,15,19,27H,12-14H2,1-2H3/t19-/m0/s1. The lowest BCUT2D eigenvalue weighted by Gasteiger charge is -2.37. The Balaban J connectivity index is 1.67. The predicted molar refractivity (Wildman–Crippen MR) is 106 cm³/mol. The fraction of sp³-hybridized carbons (Fsp3) is 0.318. The molecule has 0 saturated carbocycles. The van der Waals surface area contributed by atoms with Crippen molar-refractivity contribution in [1.82, 2.24) is 19.7 Å². The first-order valence-electron chi connectivity index (χ1n) is 9.59. The van der Waals surface area contributed by atoms with Crippen molar-refractivity contribution >= 4 is 5.91 Å². The number of amides is 1. The topological polar surface area (TPSA) is 71.2 Å². The number of carbonyl (C=O) groups excluding carboxylic acids is 1. The van der Waals surface area contributed by atoms with Gasteiger partial charge in [0.15, 0.2) is 11.6 Å². The van der Waals surface area contributed by atoms with Crippen LogP contribution < -0.4 is 0 Å². The summed E-state index contributed by atoms with van der Waals surface area (Å²) < 4.78 is 1.94. The van der Waals surface area contributed by atoms with Crippen LogP contribution in [0, 0.1) is 5.92 Å². The number of carbonyl (C=O) groups is 1. The lowest BCUT2D eigenvalue weighted by atomic mass is 9.98. The van der Waals surface area contributed by atoms with Gasteiger partial charge in [0, 0.05) is 17.7 Å². The van der Waals surface area contributed by atoms with E-state index in [1.807, 2.05) is 39.9 Å². The molecule has 1 atom stereocenters. The van der Waals surface area contributed by atoms with Crippen molar-refractivity contribution in [2.24, 2.45) is 5.92 Å². The second kappa shape index (κ2) is 7.56. The van der Waals surface area contributed by atoms with Crippen LogP contribution in [0.5, 0.6) is 0 Å². The van der Waals surface area contributed by atoms with Gasteiger partial charge >= 0.3 is 0 Å². The van der Waals surface area contributed by atoms with E-state index in [1.54, 1.807) is 24.3 Å². The SMILES string of the molecule is CC(C)[C@H]1c2nc(-c3ccccc3)nn2CCN1C(=O)c1ccc(CO)cc1. The number of nitrogens with zero attached hydrogens (tertiary/aromatic N) is 4. The maximum Gasteiger partial charge on any atom is 0.254 e. The maximum absolute atomic E-state index is 13.2. The van der Waals surface area contributed by atoms with Gasteiger partial charge < -0.3 is 10.0 Å². The van der Waals surface area contributed by atoms with Gasteiger partial charge in [-0.2, -0.15) is 5.10 Å². The Morgan fingerprint density at radius 2 is 1.82 bits per heavy atom. The highest BCUT2D eigenvalue weighted by Gasteiger charge is 2.36. The number of rotatable bonds is 4. The van der Waals surface area contributed by atoms with Crippen LogP contribution in [0.15, 0.2) is 54.6 Å². The van der Waals surface area contributed by atoms with Gasteiger partial charge in [-0.3, -0.25) is 4.79 Å². The van der Waals surface area contributed by atoms with E-state index in [1.165, 1.54) is 0 Å². The molecule has 1 amide bonds. The number of hydrogen-bond acceptors (Lipinski definition) is 4. The van der Waals surface area contributed by atoms with Crippen LogP contribution in [-0.2, 0) is 13.2 Å². The third-order valence-corrected chi connectivity index (χ3v) is 5.16. The number of hydrogen-bond donors (Lipinski definition) is 1. The summed E-state index contributed by atoms with van der Waals surface area (Å²) in [5.41, 5.74) is 2.39. The van der Waals surface area contributed by atoms with E-state index in [-0.39, 0.29) is 24.5 Å². The molecule has 1 aromatic heterocycles. The van der Waals surface area contributed by atoms with Crippen molar-refractivity contribution in [1.29, 1.82) is 0 Å². The Morgan fingerprint density at radius 1 is 1.11 bits per heavy atom. The van der Waals surface area contributed by atoms with Crippen LogP contribution >= 0.6 is 0 Å². The van der Waals surface area contributed by atoms with E-state index in [4.69, 9.17) is 4.98 Å². The first kappa shape index (κ1) is 18.4. The molecule has 0 fully saturated rings. The largest absolute Gasteiger partial charge is 0.392 e. The van der Waals surface area contributed by atoms with Crippen molar-refractivity contribution in [3.05, 3.63) is 71.5 Å². The third-order valence-electron chi connectivity index (χ3n) is 5.16. The fourth-order valence-corrected chi connectivity index (χ4v) is 3.73. The molecular weight excluding hydrogens is 352 g/mol. The summed E-state index contributed by atoms with van der Waals surface area (Å²) in [6.07, 6.45) is 0. The molecular formula is C22H24N4O2. The normalized spacial score (nSPS) is 16.3. The maximum atomic E-state index is 13.2. The van der Waals surface area contributed by atoms with E-state index in [0.717, 1.165) is 17.0 Å². The van der Waals surface area contributed by atoms with E-state index >= 15 is 0 Å². The second-order valence-corrected chi connectivity index (χ2v) is 7.43. The van der Waals surface area contributed by atoms with Crippen LogP contribution in [0.4, 0.5) is 0 Å². The first-order valence-corrected chi connectivity index (χ1v) is 9.59. The summed E-state index contributed by atoms with van der Waals surface area (Å²) in [6.45, 7) is 5.39. The zero-order valence-corrected chi connectivity index (χ0v) is 16.1. The molecule has 4 rings (SSSR count). The lowest BCUT2D eigenvalue weighted by Crippen LogP contribution is -2.44. The first-order chi connectivity index (χ1) is 13.6. The molecule has 0 aliphatic carbocycles. The fourth-order valence-electron chi connectivity index (χ4n) is 3.73. The van der Waals surface area contributed by atoms with Crippen molar-refractivity contribution in [3.8, 4) is 11.4 Å². The number of fused-ring (bicyclic) bond motifs is 1. The van der Waals surface area contributed by atoms with Gasteiger partial charge in [-0.1, -0.05) is 56.3 Å². The zero-order chi connectivity index (χ0) is 19.7. The number of aliphatic hydroxyl groups is 1. The molecule has 2 heterocycles. The average Bonchev–Trinajstić information content (AvgIpc) is 3.17. The minimum atomic E-state index is -0.135.